The second-order valence-corrected chi connectivity index (χ2v) is 9.55. The maximum Gasteiger partial charge on any atom is 0.472 e. The first-order valence-corrected chi connectivity index (χ1v) is 12.0. The smallest absolute Gasteiger partial charge is 0.394 e. The molecule has 3 unspecified atom stereocenters. The molecule has 8 atom stereocenters. The van der Waals surface area contributed by atoms with E-state index in [0.717, 1.165) is 0 Å². The number of rotatable bonds is 10. The molecular weight excluding hydrogens is 473 g/mol. The van der Waals surface area contributed by atoms with E-state index in [2.05, 4.69) is 18.1 Å². The summed E-state index contributed by atoms with van der Waals surface area (Å²) in [6, 6.07) is 0. The molecule has 0 aromatic carbocycles. The summed E-state index contributed by atoms with van der Waals surface area (Å²) in [5, 5.41) is 47.9. The molecule has 0 spiro atoms. The summed E-state index contributed by atoms with van der Waals surface area (Å²) in [5.41, 5.74) is 0. The fourth-order valence-corrected chi connectivity index (χ4v) is 4.39. The maximum atomic E-state index is 11.9. The van der Waals surface area contributed by atoms with Crippen molar-refractivity contribution in [2.45, 2.75) is 42.7 Å². The summed E-state index contributed by atoms with van der Waals surface area (Å²) in [6.45, 7) is -1.84. The van der Waals surface area contributed by atoms with Crippen molar-refractivity contribution in [3.63, 3.8) is 0 Å². The topological polar surface area (TPSA) is 290 Å². The average molecular weight is 494 g/mol. The molecular formula is C9H21O17P3. The van der Waals surface area contributed by atoms with Gasteiger partial charge in [0.05, 0.1) is 13.2 Å². The van der Waals surface area contributed by atoms with E-state index in [9.17, 15) is 33.9 Å². The van der Waals surface area contributed by atoms with Gasteiger partial charge in [0.25, 0.3) is 0 Å². The van der Waals surface area contributed by atoms with E-state index in [1.165, 1.54) is 0 Å². The second-order valence-electron chi connectivity index (χ2n) is 5.76. The zero-order chi connectivity index (χ0) is 22.8. The first kappa shape index (κ1) is 27.2. The Labute approximate surface area is 162 Å². The normalized spacial score (nSPS) is 34.6. The van der Waals surface area contributed by atoms with Crippen LogP contribution in [0.15, 0.2) is 0 Å². The number of phosphoric ester groups is 3. The van der Waals surface area contributed by atoms with Gasteiger partial charge in [-0.1, -0.05) is 0 Å². The predicted molar refractivity (Wildman–Crippen MR) is 85.6 cm³/mol. The van der Waals surface area contributed by atoms with Crippen LogP contribution in [0.1, 0.15) is 0 Å². The van der Waals surface area contributed by atoms with Gasteiger partial charge in [-0.15, -0.1) is 0 Å². The molecule has 0 aliphatic heterocycles. The third-order valence-electron chi connectivity index (χ3n) is 3.43. The summed E-state index contributed by atoms with van der Waals surface area (Å²) in [5.74, 6) is 0. The Balaban J connectivity index is 3.16. The Hall–Kier alpha value is 0.130. The Morgan fingerprint density at radius 3 is 1.38 bits per heavy atom. The van der Waals surface area contributed by atoms with Crippen molar-refractivity contribution in [3.8, 4) is 0 Å². The molecule has 0 bridgehead atoms. The van der Waals surface area contributed by atoms with Gasteiger partial charge in [-0.25, -0.2) is 13.7 Å². The van der Waals surface area contributed by atoms with Crippen molar-refractivity contribution >= 4 is 23.5 Å². The van der Waals surface area contributed by atoms with Crippen molar-refractivity contribution in [2.75, 3.05) is 13.2 Å². The van der Waals surface area contributed by atoms with Crippen LogP contribution in [0.4, 0.5) is 0 Å². The van der Waals surface area contributed by atoms with Crippen LogP contribution in [0.2, 0.25) is 0 Å². The maximum absolute atomic E-state index is 11.9. The van der Waals surface area contributed by atoms with E-state index in [1.54, 1.807) is 0 Å². The standard InChI is InChI=1S/C9H21O17P3/c10-1-3(11)2-23-29(21,22)26-9-5(13)7(24-27(15,16)17)4(12)8(6(9)14)25-28(18,19)20/h3-14H,1-2H2,(H,21,22)(H2,15,16,17)(H2,18,19,20)/t3-,4?,5+,6+,7-,8+,9?/m1/s1. The summed E-state index contributed by atoms with van der Waals surface area (Å²) in [7, 11) is -16.1. The SMILES string of the molecule is O=P(O)(O)O[C@@H]1C(O)[C@H](OP(=O)(O)O)[C@H](O)C(OP(=O)(O)OC[C@H](O)CO)[C@H]1O. The highest BCUT2D eigenvalue weighted by molar-refractivity contribution is 7.47. The monoisotopic (exact) mass is 494 g/mol. The molecule has 0 aromatic rings. The molecule has 0 aromatic heterocycles. The van der Waals surface area contributed by atoms with Crippen molar-refractivity contribution in [3.05, 3.63) is 0 Å². The second kappa shape index (κ2) is 10.2. The van der Waals surface area contributed by atoms with Gasteiger partial charge in [0, 0.05) is 0 Å². The third-order valence-corrected chi connectivity index (χ3v) is 5.45. The molecule has 0 amide bonds. The lowest BCUT2D eigenvalue weighted by atomic mass is 9.85. The highest BCUT2D eigenvalue weighted by Crippen LogP contribution is 2.50. The Morgan fingerprint density at radius 2 is 1.07 bits per heavy atom. The lowest BCUT2D eigenvalue weighted by molar-refractivity contribution is -0.213. The Kier molecular flexibility index (Phi) is 9.52. The van der Waals surface area contributed by atoms with Crippen molar-refractivity contribution in [2.24, 2.45) is 0 Å². The molecule has 174 valence electrons. The van der Waals surface area contributed by atoms with Crippen LogP contribution in [0.5, 0.6) is 0 Å². The van der Waals surface area contributed by atoms with Crippen LogP contribution in [0, 0.1) is 0 Å². The molecule has 1 rings (SSSR count). The molecule has 0 heterocycles. The minimum absolute atomic E-state index is 0.878. The van der Waals surface area contributed by atoms with E-state index in [1.807, 2.05) is 0 Å². The van der Waals surface area contributed by atoms with Crippen LogP contribution >= 0.6 is 23.5 Å². The summed E-state index contributed by atoms with van der Waals surface area (Å²) in [4.78, 5) is 45.1. The molecule has 1 aliphatic carbocycles. The highest BCUT2D eigenvalue weighted by atomic mass is 31.2. The van der Waals surface area contributed by atoms with Crippen LogP contribution in [-0.4, -0.2) is 106 Å². The van der Waals surface area contributed by atoms with E-state index in [4.69, 9.17) is 29.8 Å². The van der Waals surface area contributed by atoms with Crippen LogP contribution in [-0.2, 0) is 31.8 Å². The first-order chi connectivity index (χ1) is 13.0. The van der Waals surface area contributed by atoms with E-state index >= 15 is 0 Å². The minimum atomic E-state index is -5.44. The van der Waals surface area contributed by atoms with Crippen LogP contribution in [0.3, 0.4) is 0 Å². The van der Waals surface area contributed by atoms with E-state index < -0.39 is 79.4 Å². The van der Waals surface area contributed by atoms with Gasteiger partial charge in [0.2, 0.25) is 0 Å². The Bertz CT molecular complexity index is 635. The largest absolute Gasteiger partial charge is 0.472 e. The lowest BCUT2D eigenvalue weighted by Gasteiger charge is -2.44. The van der Waals surface area contributed by atoms with Crippen LogP contribution in [0.25, 0.3) is 0 Å². The zero-order valence-corrected chi connectivity index (χ0v) is 16.8. The quantitative estimate of drug-likeness (QED) is 0.129. The zero-order valence-electron chi connectivity index (χ0n) is 14.1. The first-order valence-electron chi connectivity index (χ1n) is 7.44. The summed E-state index contributed by atoms with van der Waals surface area (Å²) in [6.07, 6.45) is -16.2. The Morgan fingerprint density at radius 1 is 0.724 bits per heavy atom. The minimum Gasteiger partial charge on any atom is -0.394 e. The van der Waals surface area contributed by atoms with Crippen molar-refractivity contribution in [1.29, 1.82) is 0 Å². The van der Waals surface area contributed by atoms with Gasteiger partial charge in [-0.3, -0.25) is 18.1 Å². The molecule has 1 aliphatic rings. The number of hydrogen-bond donors (Lipinski definition) is 10. The van der Waals surface area contributed by atoms with E-state index in [-0.39, 0.29) is 0 Å². The molecule has 0 radical (unpaired) electrons. The molecule has 10 N–H and O–H groups in total. The molecule has 0 saturated heterocycles. The number of hydrogen-bond acceptors (Lipinski definition) is 12. The summed E-state index contributed by atoms with van der Waals surface area (Å²) < 4.78 is 50.9. The van der Waals surface area contributed by atoms with Gasteiger partial charge in [-0.2, -0.15) is 0 Å². The third kappa shape index (κ3) is 8.65. The van der Waals surface area contributed by atoms with Crippen molar-refractivity contribution < 1.29 is 81.8 Å². The van der Waals surface area contributed by atoms with Gasteiger partial charge in [0.15, 0.2) is 0 Å². The van der Waals surface area contributed by atoms with E-state index in [0.29, 0.717) is 0 Å². The fraction of sp³-hybridized carbons (Fsp3) is 1.00. The number of aliphatic hydroxyl groups excluding tert-OH is 5. The number of phosphoric acid groups is 3. The molecule has 20 heteroatoms. The molecule has 17 nitrogen and oxygen atoms in total. The highest BCUT2D eigenvalue weighted by Gasteiger charge is 2.56. The van der Waals surface area contributed by atoms with Crippen molar-refractivity contribution in [1.82, 2.24) is 0 Å². The average Bonchev–Trinajstić information content (AvgIpc) is 2.56. The fourth-order valence-electron chi connectivity index (χ4n) is 2.28. The molecule has 1 saturated carbocycles. The van der Waals surface area contributed by atoms with Gasteiger partial charge < -0.3 is 50.0 Å². The van der Waals surface area contributed by atoms with Crippen LogP contribution < -0.4 is 0 Å². The molecule has 1 fully saturated rings. The predicted octanol–water partition coefficient (Wildman–Crippen LogP) is -4.11. The number of aliphatic hydroxyl groups is 5. The summed E-state index contributed by atoms with van der Waals surface area (Å²) >= 11 is 0. The van der Waals surface area contributed by atoms with Gasteiger partial charge in [0.1, 0.15) is 42.7 Å². The molecule has 29 heavy (non-hydrogen) atoms. The van der Waals surface area contributed by atoms with Gasteiger partial charge in [-0.05, 0) is 0 Å². The van der Waals surface area contributed by atoms with Gasteiger partial charge >= 0.3 is 23.5 Å². The lowest BCUT2D eigenvalue weighted by Crippen LogP contribution is -2.65.